The lowest BCUT2D eigenvalue weighted by Gasteiger charge is -2.40. The zero-order valence-electron chi connectivity index (χ0n) is 32.5. The molecule has 8 aromatic carbocycles. The van der Waals surface area contributed by atoms with E-state index in [4.69, 9.17) is 15.0 Å². The van der Waals surface area contributed by atoms with E-state index in [0.717, 1.165) is 50.1 Å². The molecular formula is C56H35N3S. The van der Waals surface area contributed by atoms with Gasteiger partial charge in [0.2, 0.25) is 0 Å². The van der Waals surface area contributed by atoms with Crippen molar-refractivity contribution in [2.45, 2.75) is 15.2 Å². The molecule has 10 aromatic rings. The van der Waals surface area contributed by atoms with Crippen molar-refractivity contribution < 1.29 is 0 Å². The highest BCUT2D eigenvalue weighted by Gasteiger charge is 2.50. The van der Waals surface area contributed by atoms with Crippen LogP contribution in [-0.2, 0) is 5.41 Å². The quantitative estimate of drug-likeness (QED) is 0.174. The number of pyridine rings is 1. The first-order valence-electron chi connectivity index (χ1n) is 20.3. The molecule has 2 aromatic heterocycles. The Kier molecular flexibility index (Phi) is 8.00. The lowest BCUT2D eigenvalue weighted by molar-refractivity contribution is 0.723. The third-order valence-corrected chi connectivity index (χ3v) is 13.3. The lowest BCUT2D eigenvalue weighted by Crippen LogP contribution is -2.32. The Morgan fingerprint density at radius 2 is 0.883 bits per heavy atom. The molecule has 0 saturated carbocycles. The third kappa shape index (κ3) is 5.49. The fraction of sp³-hybridized carbons (Fsp3) is 0.0179. The number of rotatable bonds is 5. The molecule has 60 heavy (non-hydrogen) atoms. The molecular weight excluding hydrogens is 747 g/mol. The minimum absolute atomic E-state index is 0.563. The van der Waals surface area contributed by atoms with E-state index >= 15 is 0 Å². The van der Waals surface area contributed by atoms with E-state index in [-0.39, 0.29) is 0 Å². The second-order valence-corrected chi connectivity index (χ2v) is 16.6. The molecule has 1 aliphatic carbocycles. The van der Waals surface area contributed by atoms with Gasteiger partial charge in [0.1, 0.15) is 0 Å². The first-order chi connectivity index (χ1) is 29.7. The van der Waals surface area contributed by atoms with Crippen molar-refractivity contribution in [3.05, 3.63) is 235 Å². The minimum atomic E-state index is -0.563. The zero-order valence-corrected chi connectivity index (χ0v) is 33.3. The summed E-state index contributed by atoms with van der Waals surface area (Å²) in [5, 5.41) is 1.14. The first-order valence-corrected chi connectivity index (χ1v) is 21.1. The van der Waals surface area contributed by atoms with Crippen LogP contribution in [0.5, 0.6) is 0 Å². The number of aromatic nitrogens is 3. The zero-order chi connectivity index (χ0) is 39.6. The summed E-state index contributed by atoms with van der Waals surface area (Å²) in [6.07, 6.45) is 1.87. The van der Waals surface area contributed by atoms with E-state index in [9.17, 15) is 0 Å². The molecule has 3 nitrogen and oxygen atoms in total. The van der Waals surface area contributed by atoms with Gasteiger partial charge in [-0.3, -0.25) is 4.98 Å². The van der Waals surface area contributed by atoms with Crippen LogP contribution in [0.15, 0.2) is 222 Å². The van der Waals surface area contributed by atoms with Gasteiger partial charge in [-0.1, -0.05) is 169 Å². The highest BCUT2D eigenvalue weighted by molar-refractivity contribution is 7.99. The van der Waals surface area contributed by atoms with Crippen molar-refractivity contribution in [1.29, 1.82) is 0 Å². The maximum absolute atomic E-state index is 5.33. The van der Waals surface area contributed by atoms with Crippen LogP contribution in [0.1, 0.15) is 22.3 Å². The first kappa shape index (κ1) is 34.6. The standard InChI is InChI=1S/C56H35N3S/c1-3-13-36(14-4-1)39-17-11-18-42(31-39)51-35-52(59-55(58-51)38-15-5-2-6-16-38)43-27-29-45-44-28-26-40(41-25-24-37-19-12-30-57-50(37)34-41)32-48(44)56(49(45)33-43)46-20-7-9-22-53(46)60-54-23-10-8-21-47(54)56/h1-35H. The molecule has 0 atom stereocenters. The van der Waals surface area contributed by atoms with Gasteiger partial charge in [-0.15, -0.1) is 0 Å². The van der Waals surface area contributed by atoms with Crippen molar-refractivity contribution >= 4 is 22.7 Å². The average molecular weight is 782 g/mol. The van der Waals surface area contributed by atoms with Crippen molar-refractivity contribution in [3.63, 3.8) is 0 Å². The molecule has 0 fully saturated rings. The minimum Gasteiger partial charge on any atom is -0.256 e. The van der Waals surface area contributed by atoms with Gasteiger partial charge in [0.25, 0.3) is 0 Å². The molecule has 12 rings (SSSR count). The number of hydrogen-bond donors (Lipinski definition) is 0. The van der Waals surface area contributed by atoms with Crippen LogP contribution in [0.25, 0.3) is 78.2 Å². The molecule has 4 heteroatoms. The van der Waals surface area contributed by atoms with Crippen LogP contribution >= 0.6 is 11.8 Å². The van der Waals surface area contributed by atoms with E-state index in [2.05, 4.69) is 194 Å². The number of hydrogen-bond acceptors (Lipinski definition) is 4. The van der Waals surface area contributed by atoms with E-state index in [1.807, 2.05) is 30.1 Å². The van der Waals surface area contributed by atoms with Gasteiger partial charge in [0.05, 0.1) is 22.3 Å². The molecule has 1 aliphatic heterocycles. The highest BCUT2D eigenvalue weighted by Crippen LogP contribution is 2.63. The highest BCUT2D eigenvalue weighted by atomic mass is 32.2. The maximum atomic E-state index is 5.33. The maximum Gasteiger partial charge on any atom is 0.160 e. The Morgan fingerprint density at radius 1 is 0.350 bits per heavy atom. The van der Waals surface area contributed by atoms with Gasteiger partial charge < -0.3 is 0 Å². The van der Waals surface area contributed by atoms with Gasteiger partial charge in [-0.2, -0.15) is 0 Å². The summed E-state index contributed by atoms with van der Waals surface area (Å²) < 4.78 is 0. The SMILES string of the molecule is c1ccc(-c2cccc(-c3cc(-c4ccc5c(c4)C4(c6ccccc6Sc6ccccc64)c4cc(-c6ccc7cccnc7c6)ccc4-5)nc(-c4ccccc4)n3)c2)cc1. The molecule has 0 N–H and O–H groups in total. The Bertz CT molecular complexity index is 3260. The molecule has 0 bridgehead atoms. The summed E-state index contributed by atoms with van der Waals surface area (Å²) in [5.41, 5.74) is 17.6. The van der Waals surface area contributed by atoms with Crippen LogP contribution in [0, 0.1) is 0 Å². The van der Waals surface area contributed by atoms with E-state index < -0.39 is 5.41 Å². The summed E-state index contributed by atoms with van der Waals surface area (Å²) in [4.78, 5) is 17.8. The van der Waals surface area contributed by atoms with E-state index in [0.29, 0.717) is 5.82 Å². The van der Waals surface area contributed by atoms with E-state index in [1.165, 1.54) is 54.3 Å². The summed E-state index contributed by atoms with van der Waals surface area (Å²) in [7, 11) is 0. The Hall–Kier alpha value is -7.40. The summed E-state index contributed by atoms with van der Waals surface area (Å²) in [6, 6.07) is 74.5. The third-order valence-electron chi connectivity index (χ3n) is 12.2. The van der Waals surface area contributed by atoms with Crippen molar-refractivity contribution in [3.8, 4) is 67.3 Å². The second-order valence-electron chi connectivity index (χ2n) is 15.6. The topological polar surface area (TPSA) is 38.7 Å². The monoisotopic (exact) mass is 781 g/mol. The molecule has 1 spiro atoms. The molecule has 280 valence electrons. The average Bonchev–Trinajstić information content (AvgIpc) is 3.61. The predicted molar refractivity (Wildman–Crippen MR) is 246 cm³/mol. The van der Waals surface area contributed by atoms with Gasteiger partial charge in [-0.25, -0.2) is 9.97 Å². The fourth-order valence-corrected chi connectivity index (χ4v) is 10.6. The number of fused-ring (bicyclic) bond motifs is 10. The summed E-state index contributed by atoms with van der Waals surface area (Å²) in [5.74, 6) is 0.700. The summed E-state index contributed by atoms with van der Waals surface area (Å²) in [6.45, 7) is 0. The number of benzene rings is 8. The van der Waals surface area contributed by atoms with Gasteiger partial charge >= 0.3 is 0 Å². The summed E-state index contributed by atoms with van der Waals surface area (Å²) >= 11 is 1.86. The van der Waals surface area contributed by atoms with Crippen LogP contribution in [0.3, 0.4) is 0 Å². The van der Waals surface area contributed by atoms with Crippen molar-refractivity contribution in [2.24, 2.45) is 0 Å². The lowest BCUT2D eigenvalue weighted by atomic mass is 9.67. The second kappa shape index (κ2) is 13.9. The molecule has 3 heterocycles. The fourth-order valence-electron chi connectivity index (χ4n) is 9.43. The van der Waals surface area contributed by atoms with Gasteiger partial charge in [-0.05, 0) is 104 Å². The van der Waals surface area contributed by atoms with Crippen molar-refractivity contribution in [1.82, 2.24) is 15.0 Å². The van der Waals surface area contributed by atoms with Crippen LogP contribution in [0.4, 0.5) is 0 Å². The smallest absolute Gasteiger partial charge is 0.160 e. The Labute approximate surface area is 353 Å². The molecule has 0 saturated heterocycles. The van der Waals surface area contributed by atoms with Gasteiger partial charge in [0.15, 0.2) is 5.82 Å². The molecule has 0 radical (unpaired) electrons. The normalized spacial score (nSPS) is 13.1. The molecule has 0 amide bonds. The van der Waals surface area contributed by atoms with E-state index in [1.54, 1.807) is 0 Å². The van der Waals surface area contributed by atoms with Crippen LogP contribution < -0.4 is 0 Å². The Balaban J connectivity index is 1.09. The van der Waals surface area contributed by atoms with Crippen molar-refractivity contribution in [2.75, 3.05) is 0 Å². The molecule has 2 aliphatic rings. The molecule has 0 unspecified atom stereocenters. The Morgan fingerprint density at radius 3 is 1.60 bits per heavy atom. The largest absolute Gasteiger partial charge is 0.256 e. The van der Waals surface area contributed by atoms with Crippen LogP contribution in [-0.4, -0.2) is 15.0 Å². The predicted octanol–water partition coefficient (Wildman–Crippen LogP) is 14.2. The van der Waals surface area contributed by atoms with Crippen LogP contribution in [0.2, 0.25) is 0 Å². The van der Waals surface area contributed by atoms with Gasteiger partial charge in [0, 0.05) is 38.1 Å². The number of nitrogens with zero attached hydrogens (tertiary/aromatic N) is 3.